The molecule has 0 aliphatic carbocycles. The molecule has 0 spiro atoms. The Morgan fingerprint density at radius 1 is 1.85 bits per heavy atom. The summed E-state index contributed by atoms with van der Waals surface area (Å²) in [6.45, 7) is 3.80. The molecule has 0 saturated carbocycles. The average molecular weight is 186 g/mol. The van der Waals surface area contributed by atoms with E-state index >= 15 is 0 Å². The fourth-order valence-corrected chi connectivity index (χ4v) is 1.14. The van der Waals surface area contributed by atoms with Gasteiger partial charge in [0.25, 0.3) is 0 Å². The van der Waals surface area contributed by atoms with Gasteiger partial charge in [-0.2, -0.15) is 0 Å². The van der Waals surface area contributed by atoms with E-state index in [1.807, 2.05) is 0 Å². The van der Waals surface area contributed by atoms with E-state index in [-0.39, 0.29) is 6.61 Å². The summed E-state index contributed by atoms with van der Waals surface area (Å²) in [7, 11) is 0. The van der Waals surface area contributed by atoms with E-state index in [0.29, 0.717) is 6.61 Å². The van der Waals surface area contributed by atoms with Crippen molar-refractivity contribution >= 4 is 5.97 Å². The second-order valence-corrected chi connectivity index (χ2v) is 3.08. The van der Waals surface area contributed by atoms with Gasteiger partial charge in [0.1, 0.15) is 12.2 Å². The summed E-state index contributed by atoms with van der Waals surface area (Å²) >= 11 is 0. The highest BCUT2D eigenvalue weighted by Gasteiger charge is 2.40. The molecule has 4 heteroatoms. The van der Waals surface area contributed by atoms with E-state index in [0.717, 1.165) is 0 Å². The Hall–Kier alpha value is -1.03. The lowest BCUT2D eigenvalue weighted by Gasteiger charge is -2.24. The molecule has 2 atom stereocenters. The molecule has 74 valence electrons. The van der Waals surface area contributed by atoms with Crippen molar-refractivity contribution in [3.05, 3.63) is 12.3 Å². The van der Waals surface area contributed by atoms with Gasteiger partial charge in [-0.3, -0.25) is 4.79 Å². The lowest BCUT2D eigenvalue weighted by molar-refractivity contribution is -0.155. The van der Waals surface area contributed by atoms with Crippen LogP contribution in [-0.2, 0) is 14.3 Å². The quantitative estimate of drug-likeness (QED) is 0.650. The smallest absolute Gasteiger partial charge is 0.312 e. The van der Waals surface area contributed by atoms with Crippen molar-refractivity contribution < 1.29 is 19.4 Å². The maximum atomic E-state index is 11.3. The fraction of sp³-hybridized carbons (Fsp3) is 0.667. The highest BCUT2D eigenvalue weighted by atomic mass is 16.5. The van der Waals surface area contributed by atoms with Crippen molar-refractivity contribution in [3.8, 4) is 0 Å². The van der Waals surface area contributed by atoms with E-state index in [2.05, 4.69) is 0 Å². The lowest BCUT2D eigenvalue weighted by Crippen LogP contribution is -2.41. The van der Waals surface area contributed by atoms with Crippen LogP contribution < -0.4 is 0 Å². The summed E-state index contributed by atoms with van der Waals surface area (Å²) in [6.07, 6.45) is 2.88. The number of aliphatic hydroxyl groups is 1. The summed E-state index contributed by atoms with van der Waals surface area (Å²) < 4.78 is 9.66. The van der Waals surface area contributed by atoms with Crippen LogP contribution in [0.2, 0.25) is 0 Å². The van der Waals surface area contributed by atoms with Gasteiger partial charge in [0.05, 0.1) is 18.8 Å². The highest BCUT2D eigenvalue weighted by Crippen LogP contribution is 2.25. The molecule has 2 unspecified atom stereocenters. The Labute approximate surface area is 77.1 Å². The van der Waals surface area contributed by atoms with E-state index in [4.69, 9.17) is 9.47 Å². The first-order valence-corrected chi connectivity index (χ1v) is 4.28. The summed E-state index contributed by atoms with van der Waals surface area (Å²) in [5.41, 5.74) is -1.20. The molecule has 0 radical (unpaired) electrons. The number of hydrogen-bond acceptors (Lipinski definition) is 4. The van der Waals surface area contributed by atoms with Gasteiger partial charge in [0, 0.05) is 0 Å². The first kappa shape index (κ1) is 10.1. The zero-order valence-corrected chi connectivity index (χ0v) is 7.82. The van der Waals surface area contributed by atoms with Gasteiger partial charge in [-0.1, -0.05) is 0 Å². The molecular formula is C9H14O4. The molecule has 13 heavy (non-hydrogen) atoms. The molecule has 1 aliphatic rings. The molecule has 1 rings (SSSR count). The number of hydrogen-bond donors (Lipinski definition) is 1. The van der Waals surface area contributed by atoms with Gasteiger partial charge in [-0.25, -0.2) is 0 Å². The topological polar surface area (TPSA) is 55.8 Å². The third-order valence-corrected chi connectivity index (χ3v) is 2.16. The van der Waals surface area contributed by atoms with Crippen LogP contribution in [0, 0.1) is 5.92 Å². The van der Waals surface area contributed by atoms with Crippen LogP contribution >= 0.6 is 0 Å². The van der Waals surface area contributed by atoms with Crippen LogP contribution in [0.25, 0.3) is 0 Å². The third kappa shape index (κ3) is 2.01. The number of rotatable bonds is 3. The monoisotopic (exact) mass is 186 g/mol. The standard InChI is InChI=1S/C9H14O4/c1-3-13-8(10)7(2)9(11)4-5-12-6-9/h4-5,7,11H,3,6H2,1-2H3. The first-order valence-electron chi connectivity index (χ1n) is 4.28. The largest absolute Gasteiger partial charge is 0.498 e. The molecule has 1 N–H and O–H groups in total. The zero-order chi connectivity index (χ0) is 9.90. The van der Waals surface area contributed by atoms with Crippen LogP contribution in [0.15, 0.2) is 12.3 Å². The van der Waals surface area contributed by atoms with Gasteiger partial charge < -0.3 is 14.6 Å². The summed E-state index contributed by atoms with van der Waals surface area (Å²) in [6, 6.07) is 0. The van der Waals surface area contributed by atoms with Crippen molar-refractivity contribution in [3.63, 3.8) is 0 Å². The van der Waals surface area contributed by atoms with Gasteiger partial charge >= 0.3 is 5.97 Å². The molecule has 0 amide bonds. The fourth-order valence-electron chi connectivity index (χ4n) is 1.14. The minimum atomic E-state index is -1.20. The van der Waals surface area contributed by atoms with Crippen LogP contribution in [0.1, 0.15) is 13.8 Å². The summed E-state index contributed by atoms with van der Waals surface area (Å²) in [5, 5.41) is 9.84. The highest BCUT2D eigenvalue weighted by molar-refractivity contribution is 5.74. The first-order chi connectivity index (χ1) is 6.10. The minimum Gasteiger partial charge on any atom is -0.498 e. The number of esters is 1. The van der Waals surface area contributed by atoms with Crippen molar-refractivity contribution in [2.45, 2.75) is 19.4 Å². The molecule has 0 aromatic carbocycles. The molecule has 0 aromatic heterocycles. The minimum absolute atomic E-state index is 0.118. The predicted molar refractivity (Wildman–Crippen MR) is 45.8 cm³/mol. The van der Waals surface area contributed by atoms with Crippen LogP contribution in [0.5, 0.6) is 0 Å². The van der Waals surface area contributed by atoms with E-state index in [1.54, 1.807) is 13.8 Å². The van der Waals surface area contributed by atoms with Crippen LogP contribution in [-0.4, -0.2) is 29.9 Å². The van der Waals surface area contributed by atoms with Gasteiger partial charge in [-0.15, -0.1) is 0 Å². The van der Waals surface area contributed by atoms with Gasteiger partial charge in [0.2, 0.25) is 0 Å². The van der Waals surface area contributed by atoms with Crippen molar-refractivity contribution in [1.82, 2.24) is 0 Å². The Morgan fingerprint density at radius 2 is 2.54 bits per heavy atom. The van der Waals surface area contributed by atoms with Crippen molar-refractivity contribution in [2.24, 2.45) is 5.92 Å². The molecule has 4 nitrogen and oxygen atoms in total. The Balaban J connectivity index is 2.60. The normalized spacial score (nSPS) is 28.2. The molecule has 0 aromatic rings. The van der Waals surface area contributed by atoms with Gasteiger partial charge in [-0.05, 0) is 19.9 Å². The third-order valence-electron chi connectivity index (χ3n) is 2.16. The van der Waals surface area contributed by atoms with E-state index in [9.17, 15) is 9.90 Å². The van der Waals surface area contributed by atoms with E-state index in [1.165, 1.54) is 12.3 Å². The molecule has 0 bridgehead atoms. The van der Waals surface area contributed by atoms with E-state index < -0.39 is 17.5 Å². The Kier molecular flexibility index (Phi) is 2.93. The SMILES string of the molecule is CCOC(=O)C(C)C1(O)C=COC1. The molecule has 0 saturated heterocycles. The zero-order valence-electron chi connectivity index (χ0n) is 7.82. The van der Waals surface area contributed by atoms with Crippen LogP contribution in [0.3, 0.4) is 0 Å². The average Bonchev–Trinajstić information content (AvgIpc) is 2.52. The number of carbonyl (C=O) groups excluding carboxylic acids is 1. The Bertz CT molecular complexity index is 224. The summed E-state index contributed by atoms with van der Waals surface area (Å²) in [5.74, 6) is -0.994. The molecule has 1 aliphatic heterocycles. The maximum absolute atomic E-state index is 11.3. The molecule has 0 fully saturated rings. The maximum Gasteiger partial charge on any atom is 0.312 e. The van der Waals surface area contributed by atoms with Gasteiger partial charge in [0.15, 0.2) is 0 Å². The second-order valence-electron chi connectivity index (χ2n) is 3.08. The molecular weight excluding hydrogens is 172 g/mol. The van der Waals surface area contributed by atoms with Crippen LogP contribution in [0.4, 0.5) is 0 Å². The predicted octanol–water partition coefficient (Wildman–Crippen LogP) is 0.461. The lowest BCUT2D eigenvalue weighted by atomic mass is 9.90. The number of carbonyl (C=O) groups is 1. The van der Waals surface area contributed by atoms with Crippen molar-refractivity contribution in [1.29, 1.82) is 0 Å². The molecule has 1 heterocycles. The van der Waals surface area contributed by atoms with Crippen molar-refractivity contribution in [2.75, 3.05) is 13.2 Å². The number of ether oxygens (including phenoxy) is 2. The Morgan fingerprint density at radius 3 is 3.00 bits per heavy atom. The second kappa shape index (κ2) is 3.79. The summed E-state index contributed by atoms with van der Waals surface area (Å²) in [4.78, 5) is 11.3.